The molecule has 0 aromatic rings. The Labute approximate surface area is 387 Å². The maximum atomic E-state index is 11.9. The molecule has 0 aliphatic rings. The molecule has 0 aliphatic heterocycles. The van der Waals surface area contributed by atoms with E-state index in [0.29, 0.717) is 71.8 Å². The van der Waals surface area contributed by atoms with Crippen LogP contribution in [0.5, 0.6) is 0 Å². The standard InChI is InChI=1S/C22H45N5O7.C21H37NO6.C2H4O/c1-4-27(3)22(30)19(23)7-5-6-8-25-20(28)17-33-16-14-32-12-10-26-21(29)18-34-15-13-31-11-9-24-2;23-17-13-14-18(21(27)28)22-19(24)15-11-9-7-5-3-1-2-4-6-8-10-12-16-20(25)26;1-2-3/h19,24H,4-18,23H2,1-3H3,(H,25,28)(H,26,29);17-18H,1-16H2,(H,22,24)(H,25,26)(H,27,28);2H,1H3/t19-;18-;/m10./s1. The number of carbonyl (C=O) groups excluding carboxylic acids is 6. The first-order valence-corrected chi connectivity index (χ1v) is 23.4. The number of amides is 4. The normalized spacial score (nSPS) is 11.4. The minimum atomic E-state index is -1.10. The van der Waals surface area contributed by atoms with Gasteiger partial charge in [-0.05, 0) is 59.4 Å². The lowest BCUT2D eigenvalue weighted by Gasteiger charge is -2.19. The first-order chi connectivity index (χ1) is 31.3. The Hall–Kier alpha value is -4.08. The number of nitrogens with one attached hydrogen (secondary N) is 4. The van der Waals surface area contributed by atoms with Gasteiger partial charge < -0.3 is 70.7 Å². The van der Waals surface area contributed by atoms with Crippen molar-refractivity contribution in [2.75, 3.05) is 93.1 Å². The van der Waals surface area contributed by atoms with Crippen molar-refractivity contribution in [3.63, 3.8) is 0 Å². The molecule has 0 aromatic carbocycles. The third-order valence-corrected chi connectivity index (χ3v) is 9.46. The van der Waals surface area contributed by atoms with Gasteiger partial charge in [-0.1, -0.05) is 64.2 Å². The van der Waals surface area contributed by atoms with Crippen LogP contribution >= 0.6 is 0 Å². The number of aliphatic carboxylic acids is 2. The first kappa shape index (κ1) is 65.2. The molecule has 0 spiro atoms. The summed E-state index contributed by atoms with van der Waals surface area (Å²) in [7, 11) is 3.58. The third-order valence-electron chi connectivity index (χ3n) is 9.46. The van der Waals surface area contributed by atoms with Crippen LogP contribution in [0.25, 0.3) is 0 Å². The Morgan fingerprint density at radius 2 is 1.08 bits per heavy atom. The molecule has 0 saturated heterocycles. The quantitative estimate of drug-likeness (QED) is 0.0342. The smallest absolute Gasteiger partial charge is 0.326 e. The summed E-state index contributed by atoms with van der Waals surface area (Å²) in [6.07, 6.45) is 17.2. The number of carboxylic acid groups (broad SMARTS) is 2. The monoisotopic (exact) mass is 935 g/mol. The van der Waals surface area contributed by atoms with Crippen LogP contribution in [-0.4, -0.2) is 168 Å². The van der Waals surface area contributed by atoms with Gasteiger partial charge in [0, 0.05) is 52.5 Å². The zero-order chi connectivity index (χ0) is 49.2. The second kappa shape index (κ2) is 50.9. The number of nitrogens with two attached hydrogens (primary N) is 1. The number of carboxylic acids is 2. The van der Waals surface area contributed by atoms with Gasteiger partial charge >= 0.3 is 11.9 Å². The summed E-state index contributed by atoms with van der Waals surface area (Å²) >= 11 is 0. The van der Waals surface area contributed by atoms with Crippen molar-refractivity contribution in [1.82, 2.24) is 26.2 Å². The zero-order valence-electron chi connectivity index (χ0n) is 40.0. The highest BCUT2D eigenvalue weighted by Crippen LogP contribution is 2.13. The summed E-state index contributed by atoms with van der Waals surface area (Å²) in [6, 6.07) is -1.47. The first-order valence-electron chi connectivity index (χ1n) is 23.4. The number of aldehydes is 2. The van der Waals surface area contributed by atoms with E-state index < -0.39 is 24.0 Å². The fourth-order valence-corrected chi connectivity index (χ4v) is 5.68. The van der Waals surface area contributed by atoms with Gasteiger partial charge in [-0.15, -0.1) is 0 Å². The van der Waals surface area contributed by atoms with Crippen molar-refractivity contribution in [3.05, 3.63) is 0 Å². The molecule has 380 valence electrons. The molecular weight excluding hydrogens is 849 g/mol. The van der Waals surface area contributed by atoms with Crippen LogP contribution in [0.3, 0.4) is 0 Å². The summed E-state index contributed by atoms with van der Waals surface area (Å²) in [6.45, 7) is 7.92. The van der Waals surface area contributed by atoms with Crippen LogP contribution in [0.4, 0.5) is 0 Å². The third kappa shape index (κ3) is 50.8. The van der Waals surface area contributed by atoms with E-state index in [9.17, 15) is 33.6 Å². The summed E-state index contributed by atoms with van der Waals surface area (Å²) < 4.78 is 21.1. The lowest BCUT2D eigenvalue weighted by atomic mass is 10.0. The van der Waals surface area contributed by atoms with Gasteiger partial charge in [-0.2, -0.15) is 0 Å². The highest BCUT2D eigenvalue weighted by atomic mass is 16.5. The van der Waals surface area contributed by atoms with Crippen molar-refractivity contribution < 1.29 is 67.5 Å². The van der Waals surface area contributed by atoms with Crippen molar-refractivity contribution in [1.29, 1.82) is 0 Å². The summed E-state index contributed by atoms with van der Waals surface area (Å²) in [5, 5.41) is 28.4. The maximum absolute atomic E-state index is 11.9. The molecule has 20 nitrogen and oxygen atoms in total. The van der Waals surface area contributed by atoms with E-state index >= 15 is 0 Å². The molecule has 0 radical (unpaired) electrons. The Balaban J connectivity index is -0.00000113. The topological polar surface area (TPSA) is 291 Å². The Bertz CT molecular complexity index is 1220. The van der Waals surface area contributed by atoms with Gasteiger partial charge in [0.1, 0.15) is 31.8 Å². The number of likely N-dealkylation sites (N-methyl/N-ethyl adjacent to an activating group) is 2. The van der Waals surface area contributed by atoms with Crippen LogP contribution < -0.4 is 27.0 Å². The van der Waals surface area contributed by atoms with Gasteiger partial charge in [0.25, 0.3) is 0 Å². The number of ether oxygens (including phenoxy) is 4. The van der Waals surface area contributed by atoms with Gasteiger partial charge in [-0.3, -0.25) is 24.0 Å². The van der Waals surface area contributed by atoms with Crippen LogP contribution in [0.1, 0.15) is 136 Å². The Morgan fingerprint density at radius 3 is 1.54 bits per heavy atom. The zero-order valence-corrected chi connectivity index (χ0v) is 40.0. The molecule has 0 bridgehead atoms. The van der Waals surface area contributed by atoms with E-state index in [1.54, 1.807) is 11.9 Å². The number of hydrogen-bond donors (Lipinski definition) is 7. The molecule has 65 heavy (non-hydrogen) atoms. The van der Waals surface area contributed by atoms with Gasteiger partial charge in [0.15, 0.2) is 0 Å². The number of rotatable bonds is 43. The fourth-order valence-electron chi connectivity index (χ4n) is 5.68. The van der Waals surface area contributed by atoms with E-state index in [1.165, 1.54) is 39.0 Å². The molecule has 0 aliphatic carbocycles. The molecular formula is C45H86N6O14. The van der Waals surface area contributed by atoms with Crippen molar-refractivity contribution in [3.8, 4) is 0 Å². The molecule has 8 N–H and O–H groups in total. The van der Waals surface area contributed by atoms with Crippen molar-refractivity contribution in [2.24, 2.45) is 5.73 Å². The SMILES string of the molecule is CC=O.CCN(C)C(=O)[C@H](N)CCCCNC(=O)COCCOCCNC(=O)COCCOCCNC.O=CCC[C@H](NC(=O)CCCCCCCCCCCCCCC(=O)O)C(=O)O. The van der Waals surface area contributed by atoms with Crippen LogP contribution in [0, 0.1) is 0 Å². The summed E-state index contributed by atoms with van der Waals surface area (Å²) in [5.41, 5.74) is 5.87. The number of hydrogen-bond acceptors (Lipinski definition) is 14. The van der Waals surface area contributed by atoms with Crippen LogP contribution in [0.2, 0.25) is 0 Å². The molecule has 0 fully saturated rings. The Morgan fingerprint density at radius 1 is 0.615 bits per heavy atom. The minimum Gasteiger partial charge on any atom is -0.481 e. The second-order valence-corrected chi connectivity index (χ2v) is 15.2. The predicted molar refractivity (Wildman–Crippen MR) is 247 cm³/mol. The number of unbranched alkanes of at least 4 members (excludes halogenated alkanes) is 12. The largest absolute Gasteiger partial charge is 0.481 e. The molecule has 4 amide bonds. The second-order valence-electron chi connectivity index (χ2n) is 15.2. The molecule has 0 rings (SSSR count). The Kier molecular flexibility index (Phi) is 51.1. The van der Waals surface area contributed by atoms with Crippen molar-refractivity contribution in [2.45, 2.75) is 148 Å². The highest BCUT2D eigenvalue weighted by Gasteiger charge is 2.19. The molecule has 20 heteroatoms. The molecule has 0 saturated carbocycles. The van der Waals surface area contributed by atoms with Gasteiger partial charge in [-0.25, -0.2) is 4.79 Å². The van der Waals surface area contributed by atoms with Crippen molar-refractivity contribution >= 4 is 48.1 Å². The average molecular weight is 935 g/mol. The summed E-state index contributed by atoms with van der Waals surface area (Å²) in [4.78, 5) is 89.1. The van der Waals surface area contributed by atoms with Crippen LogP contribution in [-0.2, 0) is 57.3 Å². The molecule has 2 atom stereocenters. The predicted octanol–water partition coefficient (Wildman–Crippen LogP) is 2.77. The van der Waals surface area contributed by atoms with E-state index in [4.69, 9.17) is 39.7 Å². The van der Waals surface area contributed by atoms with E-state index in [-0.39, 0.29) is 62.7 Å². The van der Waals surface area contributed by atoms with E-state index in [2.05, 4.69) is 21.3 Å². The van der Waals surface area contributed by atoms with Gasteiger partial charge in [0.05, 0.1) is 45.7 Å². The average Bonchev–Trinajstić information content (AvgIpc) is 3.27. The minimum absolute atomic E-state index is 0.0191. The number of carbonyl (C=O) groups is 8. The van der Waals surface area contributed by atoms with Gasteiger partial charge in [0.2, 0.25) is 23.6 Å². The van der Waals surface area contributed by atoms with Crippen LogP contribution in [0.15, 0.2) is 0 Å². The maximum Gasteiger partial charge on any atom is 0.326 e. The lowest BCUT2D eigenvalue weighted by Crippen LogP contribution is -2.41. The molecule has 0 unspecified atom stereocenters. The highest BCUT2D eigenvalue weighted by molar-refractivity contribution is 5.83. The molecule has 0 heterocycles. The van der Waals surface area contributed by atoms with E-state index in [0.717, 1.165) is 70.6 Å². The summed E-state index contributed by atoms with van der Waals surface area (Å²) in [5.74, 6) is -2.55. The number of nitrogens with zero attached hydrogens (tertiary/aromatic N) is 1. The fraction of sp³-hybridized carbons (Fsp3) is 0.822. The molecule has 0 aromatic heterocycles. The lowest BCUT2D eigenvalue weighted by molar-refractivity contribution is -0.142. The van der Waals surface area contributed by atoms with E-state index in [1.807, 2.05) is 14.0 Å².